The normalized spacial score (nSPS) is 20.7. The first-order chi connectivity index (χ1) is 11.4. The minimum absolute atomic E-state index is 0.0779. The average molecular weight is 342 g/mol. The Balaban J connectivity index is 1.81. The van der Waals surface area contributed by atoms with Crippen molar-refractivity contribution in [3.8, 4) is 5.75 Å². The van der Waals surface area contributed by atoms with Crippen molar-refractivity contribution in [2.45, 2.75) is 45.9 Å². The highest BCUT2D eigenvalue weighted by atomic mass is 19.3. The standard InChI is InChI=1S/C17H24F2N2O3/c1-11-3-4-15(24-16(18)19)14(7-11)10-21-17(22)20-9-13-5-6-23-12(2)8-13/h3-4,7,12-13,16H,5-6,8-10H2,1-2H3,(H2,20,21,22). The minimum Gasteiger partial charge on any atom is -0.434 e. The molecule has 1 fully saturated rings. The fraction of sp³-hybridized carbons (Fsp3) is 0.588. The van der Waals surface area contributed by atoms with Crippen molar-refractivity contribution in [2.75, 3.05) is 13.2 Å². The van der Waals surface area contributed by atoms with Crippen LogP contribution in [-0.2, 0) is 11.3 Å². The summed E-state index contributed by atoms with van der Waals surface area (Å²) in [5, 5.41) is 5.51. The van der Waals surface area contributed by atoms with Gasteiger partial charge in [-0.3, -0.25) is 0 Å². The summed E-state index contributed by atoms with van der Waals surface area (Å²) in [6, 6.07) is 4.57. The molecule has 5 nitrogen and oxygen atoms in total. The van der Waals surface area contributed by atoms with E-state index in [1.54, 1.807) is 12.1 Å². The predicted molar refractivity (Wildman–Crippen MR) is 86.2 cm³/mol. The van der Waals surface area contributed by atoms with E-state index in [-0.39, 0.29) is 24.4 Å². The Hall–Kier alpha value is -1.89. The van der Waals surface area contributed by atoms with Crippen molar-refractivity contribution in [1.82, 2.24) is 10.6 Å². The van der Waals surface area contributed by atoms with E-state index >= 15 is 0 Å². The molecule has 2 rings (SSSR count). The molecule has 1 saturated heterocycles. The van der Waals surface area contributed by atoms with Gasteiger partial charge in [-0.15, -0.1) is 0 Å². The molecule has 0 bridgehead atoms. The van der Waals surface area contributed by atoms with E-state index < -0.39 is 6.61 Å². The Kier molecular flexibility index (Phi) is 6.78. The maximum absolute atomic E-state index is 12.4. The summed E-state index contributed by atoms with van der Waals surface area (Å²) in [7, 11) is 0. The molecular weight excluding hydrogens is 318 g/mol. The summed E-state index contributed by atoms with van der Waals surface area (Å²) >= 11 is 0. The largest absolute Gasteiger partial charge is 0.434 e. The molecule has 1 aromatic carbocycles. The summed E-state index contributed by atoms with van der Waals surface area (Å²) in [4.78, 5) is 11.9. The lowest BCUT2D eigenvalue weighted by Crippen LogP contribution is -2.40. The van der Waals surface area contributed by atoms with E-state index in [0.29, 0.717) is 24.6 Å². The van der Waals surface area contributed by atoms with Gasteiger partial charge in [-0.05, 0) is 38.7 Å². The third kappa shape index (κ3) is 5.96. The van der Waals surface area contributed by atoms with Crippen molar-refractivity contribution >= 4 is 6.03 Å². The lowest BCUT2D eigenvalue weighted by atomic mass is 9.96. The lowest BCUT2D eigenvalue weighted by Gasteiger charge is -2.27. The summed E-state index contributed by atoms with van der Waals surface area (Å²) in [5.41, 5.74) is 1.43. The molecule has 0 saturated carbocycles. The van der Waals surface area contributed by atoms with E-state index in [1.165, 1.54) is 6.07 Å². The molecule has 2 N–H and O–H groups in total. The van der Waals surface area contributed by atoms with Crippen molar-refractivity contribution < 1.29 is 23.0 Å². The van der Waals surface area contributed by atoms with Crippen LogP contribution in [0.25, 0.3) is 0 Å². The Labute approximate surface area is 140 Å². The monoisotopic (exact) mass is 342 g/mol. The highest BCUT2D eigenvalue weighted by Crippen LogP contribution is 2.22. The molecule has 0 aromatic heterocycles. The SMILES string of the molecule is Cc1ccc(OC(F)F)c(CNC(=O)NCC2CCOC(C)C2)c1. The maximum atomic E-state index is 12.4. The van der Waals surface area contributed by atoms with Gasteiger partial charge < -0.3 is 20.1 Å². The zero-order valence-corrected chi connectivity index (χ0v) is 14.0. The average Bonchev–Trinajstić information content (AvgIpc) is 2.53. The van der Waals surface area contributed by atoms with Crippen molar-refractivity contribution in [3.05, 3.63) is 29.3 Å². The van der Waals surface area contributed by atoms with Gasteiger partial charge in [-0.25, -0.2) is 4.79 Å². The van der Waals surface area contributed by atoms with Gasteiger partial charge in [0.2, 0.25) is 0 Å². The molecule has 0 spiro atoms. The molecule has 134 valence electrons. The van der Waals surface area contributed by atoms with E-state index in [2.05, 4.69) is 15.4 Å². The number of ether oxygens (including phenoxy) is 2. The second-order valence-corrected chi connectivity index (χ2v) is 6.13. The van der Waals surface area contributed by atoms with Gasteiger partial charge in [-0.1, -0.05) is 17.7 Å². The van der Waals surface area contributed by atoms with Crippen LogP contribution in [0.1, 0.15) is 30.9 Å². The van der Waals surface area contributed by atoms with Crippen LogP contribution in [0, 0.1) is 12.8 Å². The lowest BCUT2D eigenvalue weighted by molar-refractivity contribution is -0.0504. The first-order valence-electron chi connectivity index (χ1n) is 8.11. The molecule has 24 heavy (non-hydrogen) atoms. The van der Waals surface area contributed by atoms with Gasteiger partial charge in [0.05, 0.1) is 6.10 Å². The van der Waals surface area contributed by atoms with Crippen LogP contribution in [0.2, 0.25) is 0 Å². The number of carbonyl (C=O) groups is 1. The Morgan fingerprint density at radius 1 is 1.42 bits per heavy atom. The van der Waals surface area contributed by atoms with Gasteiger partial charge in [-0.2, -0.15) is 8.78 Å². The number of nitrogens with one attached hydrogen (secondary N) is 2. The molecule has 1 aliphatic rings. The number of amides is 2. The number of carbonyl (C=O) groups excluding carboxylic acids is 1. The Bertz CT molecular complexity index is 555. The third-order valence-corrected chi connectivity index (χ3v) is 4.02. The number of hydrogen-bond acceptors (Lipinski definition) is 3. The Morgan fingerprint density at radius 2 is 2.21 bits per heavy atom. The molecule has 2 atom stereocenters. The molecule has 0 aliphatic carbocycles. The predicted octanol–water partition coefficient (Wildman–Crippen LogP) is 3.21. The second kappa shape index (κ2) is 8.82. The fourth-order valence-electron chi connectivity index (χ4n) is 2.81. The molecular formula is C17H24F2N2O3. The van der Waals surface area contributed by atoms with Crippen molar-refractivity contribution in [1.29, 1.82) is 0 Å². The number of halogens is 2. The van der Waals surface area contributed by atoms with E-state index in [0.717, 1.165) is 18.4 Å². The van der Waals surface area contributed by atoms with E-state index in [9.17, 15) is 13.6 Å². The highest BCUT2D eigenvalue weighted by molar-refractivity contribution is 5.73. The smallest absolute Gasteiger partial charge is 0.387 e. The van der Waals surface area contributed by atoms with Gasteiger partial charge in [0, 0.05) is 25.3 Å². The zero-order chi connectivity index (χ0) is 17.5. The van der Waals surface area contributed by atoms with Gasteiger partial charge in [0.25, 0.3) is 0 Å². The van der Waals surface area contributed by atoms with Crippen LogP contribution in [0.4, 0.5) is 13.6 Å². The summed E-state index contributed by atoms with van der Waals surface area (Å²) in [6.45, 7) is 2.40. The van der Waals surface area contributed by atoms with Crippen LogP contribution in [0.3, 0.4) is 0 Å². The minimum atomic E-state index is -2.89. The van der Waals surface area contributed by atoms with Crippen LogP contribution < -0.4 is 15.4 Å². The number of benzene rings is 1. The van der Waals surface area contributed by atoms with Gasteiger partial charge in [0.15, 0.2) is 0 Å². The van der Waals surface area contributed by atoms with Crippen LogP contribution in [0.15, 0.2) is 18.2 Å². The summed E-state index contributed by atoms with van der Waals surface area (Å²) in [6.07, 6.45) is 2.06. The van der Waals surface area contributed by atoms with Crippen LogP contribution in [-0.4, -0.2) is 31.9 Å². The third-order valence-electron chi connectivity index (χ3n) is 4.02. The van der Waals surface area contributed by atoms with Gasteiger partial charge >= 0.3 is 12.6 Å². The molecule has 7 heteroatoms. The first kappa shape index (κ1) is 18.4. The van der Waals surface area contributed by atoms with E-state index in [4.69, 9.17) is 4.74 Å². The molecule has 1 aliphatic heterocycles. The summed E-state index contributed by atoms with van der Waals surface area (Å²) < 4.78 is 34.8. The second-order valence-electron chi connectivity index (χ2n) is 6.13. The van der Waals surface area contributed by atoms with Crippen LogP contribution >= 0.6 is 0 Å². The number of aryl methyl sites for hydroxylation is 1. The topological polar surface area (TPSA) is 59.6 Å². The molecule has 0 radical (unpaired) electrons. The quantitative estimate of drug-likeness (QED) is 0.835. The molecule has 2 unspecified atom stereocenters. The molecule has 1 aromatic rings. The number of hydrogen-bond donors (Lipinski definition) is 2. The van der Waals surface area contributed by atoms with E-state index in [1.807, 2.05) is 13.8 Å². The summed E-state index contributed by atoms with van der Waals surface area (Å²) in [5.74, 6) is 0.477. The first-order valence-corrected chi connectivity index (χ1v) is 8.11. The van der Waals surface area contributed by atoms with Crippen LogP contribution in [0.5, 0.6) is 5.75 Å². The fourth-order valence-corrected chi connectivity index (χ4v) is 2.81. The van der Waals surface area contributed by atoms with Gasteiger partial charge in [0.1, 0.15) is 5.75 Å². The van der Waals surface area contributed by atoms with Crippen molar-refractivity contribution in [3.63, 3.8) is 0 Å². The molecule has 2 amide bonds. The zero-order valence-electron chi connectivity index (χ0n) is 14.0. The number of rotatable bonds is 6. The molecule has 1 heterocycles. The maximum Gasteiger partial charge on any atom is 0.387 e. The van der Waals surface area contributed by atoms with Crippen molar-refractivity contribution in [2.24, 2.45) is 5.92 Å². The Morgan fingerprint density at radius 3 is 2.92 bits per heavy atom. The highest BCUT2D eigenvalue weighted by Gasteiger charge is 2.19. The number of urea groups is 1. The number of alkyl halides is 2.